The molecule has 2 aliphatic rings. The first kappa shape index (κ1) is 27.3. The average molecular weight is 511 g/mol. The number of amides is 2. The number of carbonyl (C=O) groups excluding carboxylic acids is 2. The van der Waals surface area contributed by atoms with E-state index in [1.54, 1.807) is 4.68 Å². The molecular weight excluding hydrogens is 468 g/mol. The third-order valence-corrected chi connectivity index (χ3v) is 7.40. The lowest BCUT2D eigenvalue weighted by atomic mass is 9.91. The summed E-state index contributed by atoms with van der Waals surface area (Å²) in [6, 6.07) is 9.63. The monoisotopic (exact) mass is 510 g/mol. The Balaban J connectivity index is 1.58. The Hall–Kier alpha value is -2.78. The van der Waals surface area contributed by atoms with Gasteiger partial charge in [-0.2, -0.15) is 0 Å². The number of hydrogen-bond donors (Lipinski definition) is 2. The third kappa shape index (κ3) is 6.76. The smallest absolute Gasteiger partial charge is 0.276 e. The van der Waals surface area contributed by atoms with Crippen molar-refractivity contribution in [2.45, 2.75) is 64.8 Å². The Kier molecular flexibility index (Phi) is 9.68. The molecule has 2 atom stereocenters. The van der Waals surface area contributed by atoms with Crippen molar-refractivity contribution in [1.29, 1.82) is 0 Å². The van der Waals surface area contributed by atoms with Crippen molar-refractivity contribution < 1.29 is 14.7 Å². The molecule has 0 saturated carbocycles. The number of piperidine rings is 2. The lowest BCUT2D eigenvalue weighted by Gasteiger charge is -2.40. The van der Waals surface area contributed by atoms with E-state index in [1.165, 1.54) is 6.42 Å². The minimum Gasteiger partial charge on any atom is -0.396 e. The number of nitrogens with zero attached hydrogens (tertiary/aromatic N) is 5. The molecule has 3 heterocycles. The minimum absolute atomic E-state index is 0.0884. The van der Waals surface area contributed by atoms with Crippen LogP contribution >= 0.6 is 0 Å². The van der Waals surface area contributed by atoms with Gasteiger partial charge in [0.25, 0.3) is 5.91 Å². The first-order valence-electron chi connectivity index (χ1n) is 13.9. The number of rotatable bonds is 10. The highest BCUT2D eigenvalue weighted by atomic mass is 16.3. The summed E-state index contributed by atoms with van der Waals surface area (Å²) in [5.74, 6) is 0.230. The molecule has 1 aromatic heterocycles. The number of benzene rings is 1. The highest BCUT2D eigenvalue weighted by Gasteiger charge is 2.37. The molecule has 2 fully saturated rings. The topological polar surface area (TPSA) is 104 Å². The van der Waals surface area contributed by atoms with E-state index in [2.05, 4.69) is 29.5 Å². The number of aromatic nitrogens is 3. The highest BCUT2D eigenvalue weighted by Crippen LogP contribution is 2.24. The van der Waals surface area contributed by atoms with Gasteiger partial charge in [-0.3, -0.25) is 9.59 Å². The van der Waals surface area contributed by atoms with Crippen LogP contribution in [0, 0.1) is 11.8 Å². The SMILES string of the molecule is CC(C)CN(C(=O)c1nnn(-c2ccccc2)c1CCCCO)[C@@H]1CNC[C@H](C(=O)N2CCCCC2)C1. The van der Waals surface area contributed by atoms with Gasteiger partial charge in [0.15, 0.2) is 5.69 Å². The second-order valence-corrected chi connectivity index (χ2v) is 10.8. The maximum atomic E-state index is 14.1. The Morgan fingerprint density at radius 2 is 1.86 bits per heavy atom. The molecule has 4 rings (SSSR count). The first-order valence-corrected chi connectivity index (χ1v) is 13.9. The average Bonchev–Trinajstić information content (AvgIpc) is 3.36. The van der Waals surface area contributed by atoms with Gasteiger partial charge in [-0.1, -0.05) is 37.3 Å². The van der Waals surface area contributed by atoms with Crippen molar-refractivity contribution >= 4 is 11.8 Å². The molecular formula is C28H42N6O3. The maximum Gasteiger partial charge on any atom is 0.276 e. The molecule has 0 spiro atoms. The molecule has 9 heteroatoms. The van der Waals surface area contributed by atoms with Gasteiger partial charge in [-0.25, -0.2) is 4.68 Å². The zero-order valence-electron chi connectivity index (χ0n) is 22.3. The Morgan fingerprint density at radius 3 is 2.57 bits per heavy atom. The van der Waals surface area contributed by atoms with Crippen LogP contribution in [-0.2, 0) is 11.2 Å². The van der Waals surface area contributed by atoms with Crippen LogP contribution in [0.1, 0.15) is 68.6 Å². The largest absolute Gasteiger partial charge is 0.396 e. The lowest BCUT2D eigenvalue weighted by Crippen LogP contribution is -2.55. The summed E-state index contributed by atoms with van der Waals surface area (Å²) in [6.07, 6.45) is 5.98. The second kappa shape index (κ2) is 13.1. The Labute approximate surface area is 220 Å². The van der Waals surface area contributed by atoms with Crippen LogP contribution in [0.3, 0.4) is 0 Å². The highest BCUT2D eigenvalue weighted by molar-refractivity contribution is 5.94. The van der Waals surface area contributed by atoms with Crippen LogP contribution in [0.25, 0.3) is 5.69 Å². The molecule has 2 saturated heterocycles. The number of hydrogen-bond acceptors (Lipinski definition) is 6. The number of para-hydroxylation sites is 1. The molecule has 0 bridgehead atoms. The van der Waals surface area contributed by atoms with Crippen LogP contribution in [0.4, 0.5) is 0 Å². The normalized spacial score (nSPS) is 20.3. The number of aliphatic hydroxyl groups is 1. The molecule has 0 unspecified atom stereocenters. The van der Waals surface area contributed by atoms with Gasteiger partial charge in [0.2, 0.25) is 5.91 Å². The summed E-state index contributed by atoms with van der Waals surface area (Å²) in [6.45, 7) is 7.91. The van der Waals surface area contributed by atoms with Crippen molar-refractivity contribution in [2.75, 3.05) is 39.3 Å². The Morgan fingerprint density at radius 1 is 1.11 bits per heavy atom. The second-order valence-electron chi connectivity index (χ2n) is 10.8. The molecule has 9 nitrogen and oxygen atoms in total. The van der Waals surface area contributed by atoms with Crippen LogP contribution < -0.4 is 5.32 Å². The minimum atomic E-state index is -0.132. The van der Waals surface area contributed by atoms with E-state index in [0.29, 0.717) is 44.6 Å². The van der Waals surface area contributed by atoms with E-state index in [1.807, 2.05) is 40.1 Å². The van der Waals surface area contributed by atoms with Gasteiger partial charge in [0, 0.05) is 45.4 Å². The number of nitrogens with one attached hydrogen (secondary N) is 1. The number of aliphatic hydroxyl groups excluding tert-OH is 1. The van der Waals surface area contributed by atoms with E-state index in [0.717, 1.165) is 43.7 Å². The van der Waals surface area contributed by atoms with Gasteiger partial charge in [-0.15, -0.1) is 5.10 Å². The fourth-order valence-electron chi connectivity index (χ4n) is 5.52. The van der Waals surface area contributed by atoms with Crippen LogP contribution in [0.5, 0.6) is 0 Å². The summed E-state index contributed by atoms with van der Waals surface area (Å²) in [5, 5.41) is 21.5. The van der Waals surface area contributed by atoms with Gasteiger partial charge >= 0.3 is 0 Å². The molecule has 2 N–H and O–H groups in total. The van der Waals surface area contributed by atoms with Gasteiger partial charge in [-0.05, 0) is 63.0 Å². The predicted octanol–water partition coefficient (Wildman–Crippen LogP) is 2.67. The fourth-order valence-corrected chi connectivity index (χ4v) is 5.52. The van der Waals surface area contributed by atoms with Gasteiger partial charge in [0.05, 0.1) is 17.3 Å². The van der Waals surface area contributed by atoms with E-state index >= 15 is 0 Å². The molecule has 2 amide bonds. The summed E-state index contributed by atoms with van der Waals surface area (Å²) >= 11 is 0. The van der Waals surface area contributed by atoms with Gasteiger partial charge < -0.3 is 20.2 Å². The van der Waals surface area contributed by atoms with Gasteiger partial charge in [0.1, 0.15) is 0 Å². The van der Waals surface area contributed by atoms with E-state index in [4.69, 9.17) is 0 Å². The molecule has 0 radical (unpaired) electrons. The van der Waals surface area contributed by atoms with Crippen molar-refractivity contribution in [3.8, 4) is 5.69 Å². The third-order valence-electron chi connectivity index (χ3n) is 7.40. The zero-order chi connectivity index (χ0) is 26.2. The number of carbonyl (C=O) groups is 2. The molecule has 2 aromatic rings. The number of unbranched alkanes of at least 4 members (excludes halogenated alkanes) is 1. The molecule has 0 aliphatic carbocycles. The molecule has 2 aliphatic heterocycles. The van der Waals surface area contributed by atoms with Crippen molar-refractivity contribution in [3.05, 3.63) is 41.7 Å². The Bertz CT molecular complexity index is 1020. The molecule has 202 valence electrons. The van der Waals surface area contributed by atoms with E-state index in [-0.39, 0.29) is 36.3 Å². The zero-order valence-corrected chi connectivity index (χ0v) is 22.3. The van der Waals surface area contributed by atoms with E-state index < -0.39 is 0 Å². The van der Waals surface area contributed by atoms with Crippen LogP contribution in [0.15, 0.2) is 30.3 Å². The molecule has 37 heavy (non-hydrogen) atoms. The van der Waals surface area contributed by atoms with Crippen LogP contribution in [-0.4, -0.2) is 87.1 Å². The van der Waals surface area contributed by atoms with Crippen molar-refractivity contribution in [1.82, 2.24) is 30.1 Å². The van der Waals surface area contributed by atoms with Crippen LogP contribution in [0.2, 0.25) is 0 Å². The maximum absolute atomic E-state index is 14.1. The summed E-state index contributed by atoms with van der Waals surface area (Å²) in [4.78, 5) is 31.3. The van der Waals surface area contributed by atoms with Crippen molar-refractivity contribution in [3.63, 3.8) is 0 Å². The summed E-state index contributed by atoms with van der Waals surface area (Å²) < 4.78 is 1.75. The summed E-state index contributed by atoms with van der Waals surface area (Å²) in [7, 11) is 0. The fraction of sp³-hybridized carbons (Fsp3) is 0.643. The summed E-state index contributed by atoms with van der Waals surface area (Å²) in [5.41, 5.74) is 1.99. The molecule has 1 aromatic carbocycles. The van der Waals surface area contributed by atoms with E-state index in [9.17, 15) is 14.7 Å². The number of likely N-dealkylation sites (tertiary alicyclic amines) is 1. The quantitative estimate of drug-likeness (QED) is 0.477. The first-order chi connectivity index (χ1) is 18.0. The van der Waals surface area contributed by atoms with Crippen molar-refractivity contribution in [2.24, 2.45) is 11.8 Å². The predicted molar refractivity (Wildman–Crippen MR) is 142 cm³/mol. The lowest BCUT2D eigenvalue weighted by molar-refractivity contribution is -0.137. The standard InChI is InChI=1S/C28H42N6O3/c1-21(2)20-33(24-17-22(18-29-19-24)27(36)32-14-8-4-9-15-32)28(37)26-25(13-7-10-16-35)34(31-30-26)23-11-5-3-6-12-23/h3,5-6,11-12,21-22,24,29,35H,4,7-10,13-20H2,1-2H3/t22-,24+/m1/s1.